The van der Waals surface area contributed by atoms with Crippen LogP contribution < -0.4 is 16.0 Å². The Morgan fingerprint density at radius 2 is 1.64 bits per heavy atom. The van der Waals surface area contributed by atoms with Crippen LogP contribution in [0.2, 0.25) is 0 Å². The molecule has 0 bridgehead atoms. The standard InChI is InChI=1S/C28H36N4O11S/c1-44(41,42)13-11-19(14-22(33)34)29-26(38)21-8-5-12-32(21)27(39)24(18-9-10-18)31-25(37)20(15-23(35)36)30-28(40)43-16-17-6-3-2-4-7-17/h2-4,6-7,11,13,18-21,24H,5,8-10,12,14-16H2,1H3,(H,29,38)(H,30,40)(H,31,37)(H,33,34)(H,35,36)/b13-11+/t19-,20+,21-,24+/m1/s1. The van der Waals surface area contributed by atoms with Crippen LogP contribution in [-0.4, -0.2) is 96.3 Å². The van der Waals surface area contributed by atoms with Crippen LogP contribution in [0.4, 0.5) is 4.79 Å². The summed E-state index contributed by atoms with van der Waals surface area (Å²) in [5.74, 6) is -5.11. The van der Waals surface area contributed by atoms with Crippen molar-refractivity contribution in [3.8, 4) is 0 Å². The normalized spacial score (nSPS) is 18.6. The lowest BCUT2D eigenvalue weighted by molar-refractivity contribution is -0.143. The number of carbonyl (C=O) groups is 6. The van der Waals surface area contributed by atoms with Gasteiger partial charge >= 0.3 is 18.0 Å². The monoisotopic (exact) mass is 636 g/mol. The molecule has 1 aromatic rings. The molecule has 3 rings (SSSR count). The summed E-state index contributed by atoms with van der Waals surface area (Å²) in [6.45, 7) is 0.0501. The second-order valence-electron chi connectivity index (χ2n) is 10.7. The summed E-state index contributed by atoms with van der Waals surface area (Å²) in [6, 6.07) is 3.86. The molecular formula is C28H36N4O11S. The number of sulfone groups is 1. The summed E-state index contributed by atoms with van der Waals surface area (Å²) in [6.07, 6.45) is 1.44. The first-order valence-corrected chi connectivity index (χ1v) is 15.9. The van der Waals surface area contributed by atoms with Crippen LogP contribution in [0, 0.1) is 5.92 Å². The first-order chi connectivity index (χ1) is 20.7. The molecule has 4 atom stereocenters. The lowest BCUT2D eigenvalue weighted by Gasteiger charge is -2.30. The maximum absolute atomic E-state index is 13.6. The fourth-order valence-electron chi connectivity index (χ4n) is 4.71. The molecule has 5 N–H and O–H groups in total. The largest absolute Gasteiger partial charge is 0.481 e. The molecule has 1 saturated heterocycles. The zero-order chi connectivity index (χ0) is 32.4. The molecule has 1 aliphatic heterocycles. The van der Waals surface area contributed by atoms with Gasteiger partial charge in [-0.2, -0.15) is 0 Å². The van der Waals surface area contributed by atoms with Crippen molar-refractivity contribution < 1.29 is 52.1 Å². The van der Waals surface area contributed by atoms with E-state index in [0.29, 0.717) is 24.8 Å². The molecule has 4 amide bonds. The van der Waals surface area contributed by atoms with E-state index in [9.17, 15) is 47.4 Å². The number of amides is 4. The summed E-state index contributed by atoms with van der Waals surface area (Å²) in [4.78, 5) is 76.3. The van der Waals surface area contributed by atoms with Gasteiger partial charge in [0.25, 0.3) is 0 Å². The molecule has 2 fully saturated rings. The van der Waals surface area contributed by atoms with Crippen molar-refractivity contribution in [3.63, 3.8) is 0 Å². The number of aliphatic carboxylic acids is 2. The van der Waals surface area contributed by atoms with E-state index in [1.165, 1.54) is 4.90 Å². The molecule has 1 aromatic carbocycles. The summed E-state index contributed by atoms with van der Waals surface area (Å²) >= 11 is 0. The molecule has 0 unspecified atom stereocenters. The highest BCUT2D eigenvalue weighted by Gasteiger charge is 2.44. The molecule has 0 radical (unpaired) electrons. The maximum Gasteiger partial charge on any atom is 0.408 e. The number of carbonyl (C=O) groups excluding carboxylic acids is 4. The summed E-state index contributed by atoms with van der Waals surface area (Å²) in [5, 5.41) is 26.6. The second kappa shape index (κ2) is 15.3. The number of nitrogens with zero attached hydrogens (tertiary/aromatic N) is 1. The number of likely N-dealkylation sites (tertiary alicyclic amines) is 1. The molecule has 2 aliphatic rings. The van der Waals surface area contributed by atoms with Crippen LogP contribution in [0.3, 0.4) is 0 Å². The Labute approximate surface area is 253 Å². The van der Waals surface area contributed by atoms with Crippen LogP contribution in [-0.2, 0) is 45.2 Å². The lowest BCUT2D eigenvalue weighted by Crippen LogP contribution is -2.58. The number of hydrogen-bond donors (Lipinski definition) is 5. The third-order valence-corrected chi connectivity index (χ3v) is 7.63. The molecule has 15 nitrogen and oxygen atoms in total. The van der Waals surface area contributed by atoms with Crippen molar-refractivity contribution in [2.24, 2.45) is 5.92 Å². The fourth-order valence-corrected chi connectivity index (χ4v) is 5.18. The third-order valence-electron chi connectivity index (χ3n) is 6.98. The summed E-state index contributed by atoms with van der Waals surface area (Å²) < 4.78 is 28.1. The Hall–Kier alpha value is -4.47. The van der Waals surface area contributed by atoms with Crippen molar-refractivity contribution >= 4 is 45.6 Å². The third kappa shape index (κ3) is 11.0. The van der Waals surface area contributed by atoms with Crippen molar-refractivity contribution in [1.29, 1.82) is 0 Å². The van der Waals surface area contributed by atoms with Gasteiger partial charge in [-0.1, -0.05) is 36.4 Å². The van der Waals surface area contributed by atoms with E-state index in [2.05, 4.69) is 16.0 Å². The number of alkyl carbamates (subject to hydrolysis) is 1. The van der Waals surface area contributed by atoms with Crippen LogP contribution in [0.15, 0.2) is 41.8 Å². The van der Waals surface area contributed by atoms with Gasteiger partial charge in [0.15, 0.2) is 9.84 Å². The summed E-state index contributed by atoms with van der Waals surface area (Å²) in [7, 11) is -3.60. The number of nitrogens with one attached hydrogen (secondary N) is 3. The molecular weight excluding hydrogens is 600 g/mol. The van der Waals surface area contributed by atoms with E-state index in [-0.39, 0.29) is 25.5 Å². The second-order valence-corrected chi connectivity index (χ2v) is 12.7. The van der Waals surface area contributed by atoms with Crippen LogP contribution in [0.5, 0.6) is 0 Å². The molecule has 1 saturated carbocycles. The topological polar surface area (TPSA) is 226 Å². The minimum Gasteiger partial charge on any atom is -0.481 e. The van der Waals surface area contributed by atoms with Crippen LogP contribution in [0.25, 0.3) is 0 Å². The lowest BCUT2D eigenvalue weighted by atomic mass is 10.1. The van der Waals surface area contributed by atoms with E-state index < -0.39 is 82.6 Å². The van der Waals surface area contributed by atoms with Crippen molar-refractivity contribution in [1.82, 2.24) is 20.9 Å². The first kappa shape index (κ1) is 34.0. The highest BCUT2D eigenvalue weighted by molar-refractivity contribution is 7.93. The van der Waals surface area contributed by atoms with E-state index in [4.69, 9.17) is 4.74 Å². The number of carboxylic acids is 2. The van der Waals surface area contributed by atoms with Gasteiger partial charge in [-0.05, 0) is 37.2 Å². The fraction of sp³-hybridized carbons (Fsp3) is 0.500. The number of benzene rings is 1. The van der Waals surface area contributed by atoms with Crippen LogP contribution in [0.1, 0.15) is 44.1 Å². The van der Waals surface area contributed by atoms with E-state index in [0.717, 1.165) is 17.7 Å². The van der Waals surface area contributed by atoms with Gasteiger partial charge in [-0.3, -0.25) is 24.0 Å². The molecule has 16 heteroatoms. The predicted molar refractivity (Wildman–Crippen MR) is 153 cm³/mol. The Morgan fingerprint density at radius 1 is 0.977 bits per heavy atom. The SMILES string of the molecule is CS(=O)(=O)/C=C/[C@H](CC(=O)O)NC(=O)[C@H]1CCCN1C(=O)[C@@H](NC(=O)[C@H](CC(=O)O)NC(=O)OCc1ccccc1)C1CC1. The molecule has 240 valence electrons. The highest BCUT2D eigenvalue weighted by atomic mass is 32.2. The number of carboxylic acid groups (broad SMARTS) is 2. The van der Waals surface area contributed by atoms with E-state index in [1.807, 2.05) is 0 Å². The number of rotatable bonds is 15. The Morgan fingerprint density at radius 3 is 2.23 bits per heavy atom. The molecule has 1 aliphatic carbocycles. The quantitative estimate of drug-likeness (QED) is 0.174. The molecule has 0 aromatic heterocycles. The molecule has 1 heterocycles. The van der Waals surface area contributed by atoms with Gasteiger partial charge in [0.1, 0.15) is 24.7 Å². The molecule has 44 heavy (non-hydrogen) atoms. The smallest absolute Gasteiger partial charge is 0.408 e. The van der Waals surface area contributed by atoms with Gasteiger partial charge in [-0.25, -0.2) is 13.2 Å². The van der Waals surface area contributed by atoms with Crippen molar-refractivity contribution in [2.45, 2.75) is 69.3 Å². The van der Waals surface area contributed by atoms with E-state index >= 15 is 0 Å². The first-order valence-electron chi connectivity index (χ1n) is 13.9. The molecule has 0 spiro atoms. The van der Waals surface area contributed by atoms with Gasteiger partial charge in [-0.15, -0.1) is 0 Å². The van der Waals surface area contributed by atoms with Gasteiger partial charge < -0.3 is 35.8 Å². The average Bonchev–Trinajstić information content (AvgIpc) is 3.67. The van der Waals surface area contributed by atoms with Crippen molar-refractivity contribution in [3.05, 3.63) is 47.4 Å². The number of ether oxygens (including phenoxy) is 1. The minimum absolute atomic E-state index is 0.118. The Kier molecular flexibility index (Phi) is 11.8. The van der Waals surface area contributed by atoms with Gasteiger partial charge in [0.05, 0.1) is 18.9 Å². The van der Waals surface area contributed by atoms with Gasteiger partial charge in [0, 0.05) is 18.2 Å². The zero-order valence-electron chi connectivity index (χ0n) is 24.0. The minimum atomic E-state index is -3.60. The Bertz CT molecular complexity index is 1380. The highest BCUT2D eigenvalue weighted by Crippen LogP contribution is 2.35. The average molecular weight is 637 g/mol. The maximum atomic E-state index is 13.6. The predicted octanol–water partition coefficient (Wildman–Crippen LogP) is 0.160. The summed E-state index contributed by atoms with van der Waals surface area (Å²) in [5.41, 5.74) is 0.672. The van der Waals surface area contributed by atoms with Crippen LogP contribution >= 0.6 is 0 Å². The number of hydrogen-bond acceptors (Lipinski definition) is 9. The van der Waals surface area contributed by atoms with E-state index in [1.54, 1.807) is 30.3 Å². The Balaban J connectivity index is 1.68. The van der Waals surface area contributed by atoms with Crippen molar-refractivity contribution in [2.75, 3.05) is 12.8 Å². The zero-order valence-corrected chi connectivity index (χ0v) is 24.8. The van der Waals surface area contributed by atoms with Gasteiger partial charge in [0.2, 0.25) is 17.7 Å².